The number of aromatic nitrogens is 4. The van der Waals surface area contributed by atoms with Crippen molar-refractivity contribution in [1.29, 1.82) is 0 Å². The van der Waals surface area contributed by atoms with Crippen LogP contribution in [0.2, 0.25) is 15.1 Å². The number of carbonyl (C=O) groups excluding carboxylic acids is 1. The molecule has 0 unspecified atom stereocenters. The average Bonchev–Trinajstić information content (AvgIpc) is 3.32. The third kappa shape index (κ3) is 7.77. The fourth-order valence-corrected chi connectivity index (χ4v) is 4.00. The number of ether oxygens (including phenoxy) is 1. The average molecular weight is 577 g/mol. The Bertz CT molecular complexity index is 1420. The van der Waals surface area contributed by atoms with Gasteiger partial charge < -0.3 is 20.7 Å². The molecule has 1 heterocycles. The molecule has 0 aliphatic rings. The third-order valence-corrected chi connectivity index (χ3v) is 5.81. The number of hydrogen-bond donors (Lipinski definition) is 3. The van der Waals surface area contributed by atoms with Crippen molar-refractivity contribution in [3.05, 3.63) is 81.8 Å². The molecule has 13 heteroatoms. The highest BCUT2D eigenvalue weighted by Crippen LogP contribution is 2.35. The molecule has 1 aromatic heterocycles. The Kier molecular flexibility index (Phi) is 9.13. The largest absolute Gasteiger partial charge is 0.455 e. The van der Waals surface area contributed by atoms with Gasteiger partial charge in [0.1, 0.15) is 18.0 Å². The highest BCUT2D eigenvalue weighted by molar-refractivity contribution is 7.80. The lowest BCUT2D eigenvalue weighted by molar-refractivity contribution is -0.122. The van der Waals surface area contributed by atoms with E-state index >= 15 is 0 Å². The van der Waals surface area contributed by atoms with Gasteiger partial charge in [0.25, 0.3) is 0 Å². The summed E-state index contributed by atoms with van der Waals surface area (Å²) >= 11 is 23.4. The van der Waals surface area contributed by atoms with E-state index in [4.69, 9.17) is 51.8 Å². The van der Waals surface area contributed by atoms with E-state index in [2.05, 4.69) is 31.4 Å². The lowest BCUT2D eigenvalue weighted by Gasteiger charge is -2.11. The van der Waals surface area contributed by atoms with Gasteiger partial charge in [0.2, 0.25) is 11.7 Å². The molecular formula is C24H20Cl3N7O2S. The normalized spacial score (nSPS) is 10.6. The summed E-state index contributed by atoms with van der Waals surface area (Å²) in [6.45, 7) is 0.659. The van der Waals surface area contributed by atoms with Gasteiger partial charge in [0, 0.05) is 28.8 Å². The number of nitrogens with zero attached hydrogens (tertiary/aromatic N) is 4. The zero-order chi connectivity index (χ0) is 26.2. The molecule has 190 valence electrons. The van der Waals surface area contributed by atoms with Crippen LogP contribution in [0, 0.1) is 0 Å². The molecule has 0 fully saturated rings. The molecule has 4 rings (SSSR count). The summed E-state index contributed by atoms with van der Waals surface area (Å²) in [5.41, 5.74) is 1.36. The van der Waals surface area contributed by atoms with Crippen LogP contribution in [-0.4, -0.2) is 44.3 Å². The highest BCUT2D eigenvalue weighted by atomic mass is 35.5. The Labute approximate surface area is 233 Å². The number of anilines is 1. The van der Waals surface area contributed by atoms with E-state index in [1.165, 1.54) is 4.80 Å². The van der Waals surface area contributed by atoms with Crippen LogP contribution >= 0.6 is 47.0 Å². The van der Waals surface area contributed by atoms with Crippen LogP contribution in [0.4, 0.5) is 5.69 Å². The summed E-state index contributed by atoms with van der Waals surface area (Å²) < 4.78 is 5.95. The van der Waals surface area contributed by atoms with Crippen LogP contribution in [-0.2, 0) is 11.3 Å². The van der Waals surface area contributed by atoms with Crippen molar-refractivity contribution in [1.82, 2.24) is 30.8 Å². The van der Waals surface area contributed by atoms with Gasteiger partial charge in [-0.1, -0.05) is 53.0 Å². The number of halogens is 3. The van der Waals surface area contributed by atoms with E-state index in [9.17, 15) is 4.79 Å². The summed E-state index contributed by atoms with van der Waals surface area (Å²) in [7, 11) is 0. The first-order valence-electron chi connectivity index (χ1n) is 10.9. The molecule has 37 heavy (non-hydrogen) atoms. The van der Waals surface area contributed by atoms with Crippen LogP contribution in [0.5, 0.6) is 11.5 Å². The first-order valence-corrected chi connectivity index (χ1v) is 12.5. The Morgan fingerprint density at radius 3 is 2.51 bits per heavy atom. The van der Waals surface area contributed by atoms with Crippen molar-refractivity contribution in [3.8, 4) is 22.9 Å². The van der Waals surface area contributed by atoms with E-state index in [1.807, 2.05) is 24.3 Å². The number of nitrogens with one attached hydrogen (secondary N) is 3. The maximum Gasteiger partial charge on any atom is 0.243 e. The van der Waals surface area contributed by atoms with Gasteiger partial charge in [0.05, 0.1) is 10.6 Å². The lowest BCUT2D eigenvalue weighted by Crippen LogP contribution is -2.38. The minimum absolute atomic E-state index is 0.107. The highest BCUT2D eigenvalue weighted by Gasteiger charge is 2.15. The van der Waals surface area contributed by atoms with Crippen molar-refractivity contribution < 1.29 is 9.53 Å². The molecule has 3 aromatic carbocycles. The Morgan fingerprint density at radius 1 is 0.919 bits per heavy atom. The predicted octanol–water partition coefficient (Wildman–Crippen LogP) is 5.20. The van der Waals surface area contributed by atoms with Gasteiger partial charge in [-0.3, -0.25) is 4.79 Å². The molecule has 0 spiro atoms. The third-order valence-electron chi connectivity index (χ3n) is 4.79. The van der Waals surface area contributed by atoms with Gasteiger partial charge in [-0.05, 0) is 66.0 Å². The standard InChI is InChI=1S/C24H20Cl3N7O2S/c25-15-4-3-5-17(12-15)30-24(37)29-11-10-28-22(35)14-34-32-23(31-33-34)18-6-1-2-7-20(18)36-21-9-8-16(26)13-19(21)27/h1-9,12-13H,10-11,14H2,(H,28,35)(H2,29,30,37). The molecule has 4 aromatic rings. The zero-order valence-corrected chi connectivity index (χ0v) is 22.2. The molecule has 0 saturated carbocycles. The second-order valence-electron chi connectivity index (χ2n) is 7.56. The fraction of sp³-hybridized carbons (Fsp3) is 0.125. The monoisotopic (exact) mass is 575 g/mol. The maximum atomic E-state index is 12.3. The van der Waals surface area contributed by atoms with Gasteiger partial charge in [-0.15, -0.1) is 10.2 Å². The van der Waals surface area contributed by atoms with Gasteiger partial charge in [-0.2, -0.15) is 4.80 Å². The van der Waals surface area contributed by atoms with Crippen LogP contribution in [0.1, 0.15) is 0 Å². The van der Waals surface area contributed by atoms with Crippen molar-refractivity contribution in [3.63, 3.8) is 0 Å². The summed E-state index contributed by atoms with van der Waals surface area (Å²) in [4.78, 5) is 13.5. The second kappa shape index (κ2) is 12.7. The van der Waals surface area contributed by atoms with Gasteiger partial charge >= 0.3 is 0 Å². The van der Waals surface area contributed by atoms with Crippen LogP contribution < -0.4 is 20.7 Å². The lowest BCUT2D eigenvalue weighted by atomic mass is 10.2. The molecule has 0 aliphatic carbocycles. The topological polar surface area (TPSA) is 106 Å². The summed E-state index contributed by atoms with van der Waals surface area (Å²) in [5.74, 6) is 0.926. The molecule has 0 radical (unpaired) electrons. The van der Waals surface area contributed by atoms with Crippen molar-refractivity contribution >= 4 is 63.7 Å². The minimum atomic E-state index is -0.281. The number of benzene rings is 3. The second-order valence-corrected chi connectivity index (χ2v) is 9.25. The number of hydrogen-bond acceptors (Lipinski definition) is 6. The van der Waals surface area contributed by atoms with Crippen LogP contribution in [0.3, 0.4) is 0 Å². The number of amides is 1. The summed E-state index contributed by atoms with van der Waals surface area (Å²) in [6, 6.07) is 19.3. The maximum absolute atomic E-state index is 12.3. The number of tetrazole rings is 1. The van der Waals surface area contributed by atoms with E-state index in [0.717, 1.165) is 5.69 Å². The fourth-order valence-electron chi connectivity index (χ4n) is 3.14. The molecule has 0 bridgehead atoms. The zero-order valence-electron chi connectivity index (χ0n) is 19.1. The van der Waals surface area contributed by atoms with Crippen LogP contribution in [0.15, 0.2) is 66.7 Å². The van der Waals surface area contributed by atoms with Crippen molar-refractivity contribution in [2.24, 2.45) is 0 Å². The molecule has 3 N–H and O–H groups in total. The van der Waals surface area contributed by atoms with Crippen molar-refractivity contribution in [2.75, 3.05) is 18.4 Å². The number of para-hydroxylation sites is 1. The molecule has 0 atom stereocenters. The van der Waals surface area contributed by atoms with Gasteiger partial charge in [0.15, 0.2) is 5.11 Å². The minimum Gasteiger partial charge on any atom is -0.455 e. The van der Waals surface area contributed by atoms with E-state index in [-0.39, 0.29) is 12.5 Å². The molecular weight excluding hydrogens is 557 g/mol. The predicted molar refractivity (Wildman–Crippen MR) is 148 cm³/mol. The Hall–Kier alpha value is -3.44. The summed E-state index contributed by atoms with van der Waals surface area (Å²) in [5, 5.41) is 23.0. The first-order chi connectivity index (χ1) is 17.9. The quantitative estimate of drug-likeness (QED) is 0.185. The number of carbonyl (C=O) groups is 1. The number of thiocarbonyl (C=S) groups is 1. The van der Waals surface area contributed by atoms with Gasteiger partial charge in [-0.25, -0.2) is 0 Å². The van der Waals surface area contributed by atoms with E-state index < -0.39 is 0 Å². The van der Waals surface area contributed by atoms with Crippen LogP contribution in [0.25, 0.3) is 11.4 Å². The molecule has 9 nitrogen and oxygen atoms in total. The smallest absolute Gasteiger partial charge is 0.243 e. The summed E-state index contributed by atoms with van der Waals surface area (Å²) in [6.07, 6.45) is 0. The molecule has 1 amide bonds. The Balaban J connectivity index is 1.28. The molecule has 0 aliphatic heterocycles. The SMILES string of the molecule is O=C(Cn1nnc(-c2ccccc2Oc2ccc(Cl)cc2Cl)n1)NCCNC(=S)Nc1cccc(Cl)c1. The van der Waals surface area contributed by atoms with Crippen molar-refractivity contribution in [2.45, 2.75) is 6.54 Å². The Morgan fingerprint density at radius 2 is 1.70 bits per heavy atom. The van der Waals surface area contributed by atoms with E-state index in [0.29, 0.717) is 56.2 Å². The first kappa shape index (κ1) is 26.6. The van der Waals surface area contributed by atoms with E-state index in [1.54, 1.807) is 42.5 Å². The number of rotatable bonds is 9. The molecule has 0 saturated heterocycles.